The standard InChI is InChI=1S/C20H28N4O4/c1-4-6-12-23(19(26)14-10-8-9-11-15(14)28-3)16-17(21)24(13-7-5-2)20(27)22-18(16)25/h8-11H,4-7,12-13,21H2,1-3H3,(H,22,25,27). The van der Waals surface area contributed by atoms with Gasteiger partial charge in [-0.3, -0.25) is 19.1 Å². The molecule has 1 heterocycles. The van der Waals surface area contributed by atoms with Crippen LogP contribution >= 0.6 is 0 Å². The smallest absolute Gasteiger partial charge is 0.330 e. The average Bonchev–Trinajstić information content (AvgIpc) is 2.69. The summed E-state index contributed by atoms with van der Waals surface area (Å²) in [7, 11) is 1.48. The van der Waals surface area contributed by atoms with Gasteiger partial charge in [-0.05, 0) is 25.0 Å². The molecule has 0 atom stereocenters. The molecular formula is C20H28N4O4. The van der Waals surface area contributed by atoms with Crippen LogP contribution in [0.1, 0.15) is 49.9 Å². The molecule has 0 saturated carbocycles. The van der Waals surface area contributed by atoms with Gasteiger partial charge in [0.15, 0.2) is 5.69 Å². The Morgan fingerprint density at radius 1 is 1.18 bits per heavy atom. The van der Waals surface area contributed by atoms with Crippen LogP contribution in [0.2, 0.25) is 0 Å². The number of unbranched alkanes of at least 4 members (excludes halogenated alkanes) is 2. The molecule has 8 nitrogen and oxygen atoms in total. The first-order chi connectivity index (χ1) is 13.5. The highest BCUT2D eigenvalue weighted by Gasteiger charge is 2.26. The van der Waals surface area contributed by atoms with E-state index >= 15 is 0 Å². The van der Waals surface area contributed by atoms with Gasteiger partial charge in [0, 0.05) is 13.1 Å². The summed E-state index contributed by atoms with van der Waals surface area (Å²) in [6.07, 6.45) is 3.09. The highest BCUT2D eigenvalue weighted by Crippen LogP contribution is 2.24. The summed E-state index contributed by atoms with van der Waals surface area (Å²) >= 11 is 0. The number of para-hydroxylation sites is 1. The van der Waals surface area contributed by atoms with Crippen LogP contribution in [0.5, 0.6) is 5.75 Å². The lowest BCUT2D eigenvalue weighted by atomic mass is 10.1. The van der Waals surface area contributed by atoms with E-state index in [0.29, 0.717) is 30.8 Å². The summed E-state index contributed by atoms with van der Waals surface area (Å²) in [5.41, 5.74) is 5.29. The number of nitrogen functional groups attached to an aromatic ring is 1. The van der Waals surface area contributed by atoms with Crippen molar-refractivity contribution in [3.8, 4) is 5.75 Å². The Kier molecular flexibility index (Phi) is 7.43. The quantitative estimate of drug-likeness (QED) is 0.685. The molecule has 1 aromatic heterocycles. The van der Waals surface area contributed by atoms with Gasteiger partial charge in [0.05, 0.1) is 12.7 Å². The molecule has 0 radical (unpaired) electrons. The molecule has 1 amide bonds. The van der Waals surface area contributed by atoms with Crippen LogP contribution in [0.3, 0.4) is 0 Å². The van der Waals surface area contributed by atoms with Crippen molar-refractivity contribution in [2.75, 3.05) is 24.3 Å². The number of aromatic amines is 1. The lowest BCUT2D eigenvalue weighted by Gasteiger charge is -2.25. The van der Waals surface area contributed by atoms with Gasteiger partial charge in [0.1, 0.15) is 11.6 Å². The van der Waals surface area contributed by atoms with Crippen molar-refractivity contribution in [3.05, 3.63) is 50.7 Å². The number of carbonyl (C=O) groups is 1. The third kappa shape index (κ3) is 4.44. The van der Waals surface area contributed by atoms with Crippen molar-refractivity contribution < 1.29 is 9.53 Å². The van der Waals surface area contributed by atoms with E-state index in [-0.39, 0.29) is 11.5 Å². The zero-order valence-corrected chi connectivity index (χ0v) is 16.7. The van der Waals surface area contributed by atoms with E-state index < -0.39 is 17.2 Å². The summed E-state index contributed by atoms with van der Waals surface area (Å²) in [5.74, 6) is 0.00800. The molecule has 0 fully saturated rings. The lowest BCUT2D eigenvalue weighted by molar-refractivity contribution is 0.0983. The minimum Gasteiger partial charge on any atom is -0.496 e. The SMILES string of the molecule is CCCCN(C(=O)c1ccccc1OC)c1c(N)n(CCCC)c(=O)[nH]c1=O. The van der Waals surface area contributed by atoms with Crippen molar-refractivity contribution in [1.29, 1.82) is 0 Å². The first-order valence-electron chi connectivity index (χ1n) is 9.53. The Balaban J connectivity index is 2.61. The largest absolute Gasteiger partial charge is 0.496 e. The molecule has 0 aliphatic heterocycles. The van der Waals surface area contributed by atoms with Gasteiger partial charge in [-0.15, -0.1) is 0 Å². The Bertz CT molecular complexity index is 933. The number of amides is 1. The number of benzene rings is 1. The number of anilines is 2. The fourth-order valence-electron chi connectivity index (χ4n) is 2.97. The number of H-pyrrole nitrogens is 1. The second kappa shape index (κ2) is 9.77. The Morgan fingerprint density at radius 3 is 2.50 bits per heavy atom. The summed E-state index contributed by atoms with van der Waals surface area (Å²) in [4.78, 5) is 41.7. The number of nitrogens with zero attached hydrogens (tertiary/aromatic N) is 2. The molecule has 0 saturated heterocycles. The molecule has 0 bridgehead atoms. The second-order valence-corrected chi connectivity index (χ2v) is 6.51. The van der Waals surface area contributed by atoms with E-state index in [4.69, 9.17) is 10.5 Å². The molecular weight excluding hydrogens is 360 g/mol. The summed E-state index contributed by atoms with van der Waals surface area (Å²) < 4.78 is 6.61. The number of nitrogens with two attached hydrogens (primary N) is 1. The molecule has 28 heavy (non-hydrogen) atoms. The maximum Gasteiger partial charge on any atom is 0.330 e. The van der Waals surface area contributed by atoms with Gasteiger partial charge in [-0.25, -0.2) is 4.79 Å². The molecule has 0 spiro atoms. The van der Waals surface area contributed by atoms with Crippen molar-refractivity contribution in [1.82, 2.24) is 9.55 Å². The number of methoxy groups -OCH3 is 1. The maximum atomic E-state index is 13.3. The summed E-state index contributed by atoms with van der Waals surface area (Å²) in [5, 5.41) is 0. The average molecular weight is 388 g/mol. The minimum atomic E-state index is -0.672. The van der Waals surface area contributed by atoms with Crippen LogP contribution in [0.25, 0.3) is 0 Å². The number of ether oxygens (including phenoxy) is 1. The molecule has 8 heteroatoms. The van der Waals surface area contributed by atoms with Gasteiger partial charge in [0.2, 0.25) is 0 Å². The van der Waals surface area contributed by atoms with Crippen molar-refractivity contribution >= 4 is 17.4 Å². The van der Waals surface area contributed by atoms with Crippen molar-refractivity contribution in [2.24, 2.45) is 0 Å². The predicted octanol–water partition coefficient (Wildman–Crippen LogP) is 2.37. The van der Waals surface area contributed by atoms with E-state index in [9.17, 15) is 14.4 Å². The first-order valence-corrected chi connectivity index (χ1v) is 9.53. The monoisotopic (exact) mass is 388 g/mol. The van der Waals surface area contributed by atoms with Crippen LogP contribution in [0.4, 0.5) is 11.5 Å². The zero-order valence-electron chi connectivity index (χ0n) is 16.7. The van der Waals surface area contributed by atoms with Crippen LogP contribution in [0, 0.1) is 0 Å². The van der Waals surface area contributed by atoms with Crippen LogP contribution < -0.4 is 26.6 Å². The van der Waals surface area contributed by atoms with E-state index in [1.165, 1.54) is 16.6 Å². The lowest BCUT2D eigenvalue weighted by Crippen LogP contribution is -2.41. The summed E-state index contributed by atoms with van der Waals surface area (Å²) in [6, 6.07) is 6.81. The first kappa shape index (κ1) is 21.3. The zero-order chi connectivity index (χ0) is 20.7. The van der Waals surface area contributed by atoms with Gasteiger partial charge >= 0.3 is 5.69 Å². The van der Waals surface area contributed by atoms with Gasteiger partial charge in [-0.1, -0.05) is 38.8 Å². The summed E-state index contributed by atoms with van der Waals surface area (Å²) in [6.45, 7) is 4.65. The highest BCUT2D eigenvalue weighted by atomic mass is 16.5. The minimum absolute atomic E-state index is 0.0000548. The van der Waals surface area contributed by atoms with Crippen LogP contribution in [-0.4, -0.2) is 29.1 Å². The number of hydrogen-bond acceptors (Lipinski definition) is 5. The maximum absolute atomic E-state index is 13.3. The normalized spacial score (nSPS) is 10.7. The van der Waals surface area contributed by atoms with E-state index in [2.05, 4.69) is 4.98 Å². The third-order valence-electron chi connectivity index (χ3n) is 4.54. The molecule has 1 aromatic carbocycles. The van der Waals surface area contributed by atoms with Gasteiger partial charge < -0.3 is 15.4 Å². The Hall–Kier alpha value is -3.03. The molecule has 3 N–H and O–H groups in total. The van der Waals surface area contributed by atoms with Crippen LogP contribution in [0.15, 0.2) is 33.9 Å². The number of aromatic nitrogens is 2. The number of nitrogens with one attached hydrogen (secondary N) is 1. The Labute approximate surface area is 163 Å². The number of rotatable bonds is 9. The van der Waals surface area contributed by atoms with Gasteiger partial charge in [-0.2, -0.15) is 0 Å². The molecule has 2 rings (SSSR count). The number of carbonyl (C=O) groups excluding carboxylic acids is 1. The van der Waals surface area contributed by atoms with Crippen molar-refractivity contribution in [3.63, 3.8) is 0 Å². The van der Waals surface area contributed by atoms with Gasteiger partial charge in [0.25, 0.3) is 11.5 Å². The Morgan fingerprint density at radius 2 is 1.86 bits per heavy atom. The molecule has 2 aromatic rings. The predicted molar refractivity (Wildman–Crippen MR) is 110 cm³/mol. The molecule has 152 valence electrons. The third-order valence-corrected chi connectivity index (χ3v) is 4.54. The molecule has 0 aliphatic carbocycles. The number of hydrogen-bond donors (Lipinski definition) is 2. The van der Waals surface area contributed by atoms with E-state index in [1.54, 1.807) is 24.3 Å². The highest BCUT2D eigenvalue weighted by molar-refractivity contribution is 6.08. The molecule has 0 unspecified atom stereocenters. The van der Waals surface area contributed by atoms with E-state index in [1.807, 2.05) is 13.8 Å². The fraction of sp³-hybridized carbons (Fsp3) is 0.450. The second-order valence-electron chi connectivity index (χ2n) is 6.51. The van der Waals surface area contributed by atoms with Crippen molar-refractivity contribution in [2.45, 2.75) is 46.1 Å². The molecule has 0 aliphatic rings. The topological polar surface area (TPSA) is 110 Å². The fourth-order valence-corrected chi connectivity index (χ4v) is 2.97. The van der Waals surface area contributed by atoms with E-state index in [0.717, 1.165) is 19.3 Å². The van der Waals surface area contributed by atoms with Crippen LogP contribution in [-0.2, 0) is 6.54 Å².